The maximum Gasteiger partial charge on any atom is 0.0429 e. The molecule has 0 spiro atoms. The predicted octanol–water partition coefficient (Wildman–Crippen LogP) is 4.59. The molecule has 2 aliphatic rings. The second-order valence-corrected chi connectivity index (χ2v) is 6.22. The van der Waals surface area contributed by atoms with Gasteiger partial charge in [-0.15, -0.1) is 0 Å². The van der Waals surface area contributed by atoms with E-state index in [9.17, 15) is 0 Å². The molecule has 1 aliphatic carbocycles. The van der Waals surface area contributed by atoms with E-state index in [4.69, 9.17) is 0 Å². The van der Waals surface area contributed by atoms with E-state index in [1.807, 2.05) is 0 Å². The van der Waals surface area contributed by atoms with Crippen molar-refractivity contribution in [3.63, 3.8) is 0 Å². The van der Waals surface area contributed by atoms with Crippen molar-refractivity contribution in [3.8, 4) is 0 Å². The molecule has 20 heavy (non-hydrogen) atoms. The van der Waals surface area contributed by atoms with Crippen LogP contribution in [-0.2, 0) is 6.54 Å². The lowest BCUT2D eigenvalue weighted by molar-refractivity contribution is 0.452. The van der Waals surface area contributed by atoms with Crippen LogP contribution in [0.2, 0.25) is 0 Å². The smallest absolute Gasteiger partial charge is 0.0429 e. The van der Waals surface area contributed by atoms with Crippen molar-refractivity contribution in [1.82, 2.24) is 0 Å². The lowest BCUT2D eigenvalue weighted by Gasteiger charge is -2.38. The Balaban J connectivity index is 1.68. The molecule has 0 saturated heterocycles. The summed E-state index contributed by atoms with van der Waals surface area (Å²) < 4.78 is 0. The molecule has 0 N–H and O–H groups in total. The number of hydrogen-bond donors (Lipinski definition) is 0. The molecule has 1 heteroatoms. The summed E-state index contributed by atoms with van der Waals surface area (Å²) in [5, 5.41) is 0. The predicted molar refractivity (Wildman–Crippen MR) is 84.0 cm³/mol. The fourth-order valence-electron chi connectivity index (χ4n) is 4.09. The van der Waals surface area contributed by atoms with Crippen LogP contribution in [0.1, 0.15) is 36.3 Å². The van der Waals surface area contributed by atoms with Crippen LogP contribution in [0.15, 0.2) is 54.6 Å². The summed E-state index contributed by atoms with van der Waals surface area (Å²) in [5.41, 5.74) is 4.48. The molecule has 0 radical (unpaired) electrons. The highest BCUT2D eigenvalue weighted by Gasteiger charge is 2.36. The van der Waals surface area contributed by atoms with Crippen LogP contribution < -0.4 is 4.90 Å². The molecule has 2 aromatic carbocycles. The van der Waals surface area contributed by atoms with Crippen molar-refractivity contribution in [3.05, 3.63) is 65.7 Å². The molecular weight excluding hydrogens is 242 g/mol. The average molecular weight is 263 g/mol. The molecule has 1 heterocycles. The van der Waals surface area contributed by atoms with Crippen molar-refractivity contribution in [2.24, 2.45) is 5.92 Å². The molecule has 102 valence electrons. The molecule has 1 fully saturated rings. The molecular formula is C19H21N. The summed E-state index contributed by atoms with van der Waals surface area (Å²) in [6.07, 6.45) is 4.20. The van der Waals surface area contributed by atoms with Crippen LogP contribution in [-0.4, -0.2) is 6.54 Å². The average Bonchev–Trinajstić information content (AvgIpc) is 2.97. The monoisotopic (exact) mass is 263 g/mol. The van der Waals surface area contributed by atoms with Gasteiger partial charge in [-0.25, -0.2) is 0 Å². The number of benzene rings is 2. The van der Waals surface area contributed by atoms with Gasteiger partial charge < -0.3 is 4.90 Å². The molecule has 0 bridgehead atoms. The number of anilines is 1. The van der Waals surface area contributed by atoms with Gasteiger partial charge in [0.1, 0.15) is 0 Å². The normalized spacial score (nSPS) is 24.3. The Morgan fingerprint density at radius 2 is 1.70 bits per heavy atom. The third-order valence-corrected chi connectivity index (χ3v) is 5.01. The number of rotatable bonds is 2. The van der Waals surface area contributed by atoms with E-state index in [-0.39, 0.29) is 0 Å². The lowest BCUT2D eigenvalue weighted by atomic mass is 9.83. The summed E-state index contributed by atoms with van der Waals surface area (Å²) in [7, 11) is 0. The number of fused-ring (bicyclic) bond motifs is 3. The van der Waals surface area contributed by atoms with Crippen LogP contribution >= 0.6 is 0 Å². The van der Waals surface area contributed by atoms with Crippen LogP contribution in [0.3, 0.4) is 0 Å². The summed E-state index contributed by atoms with van der Waals surface area (Å²) in [4.78, 5) is 2.59. The highest BCUT2D eigenvalue weighted by molar-refractivity contribution is 5.58. The topological polar surface area (TPSA) is 3.24 Å². The first-order chi connectivity index (χ1) is 9.92. The number of hydrogen-bond acceptors (Lipinski definition) is 1. The fraction of sp³-hybridized carbons (Fsp3) is 0.368. The Bertz CT molecular complexity index is 590. The van der Waals surface area contributed by atoms with E-state index < -0.39 is 0 Å². The summed E-state index contributed by atoms with van der Waals surface area (Å²) in [6.45, 7) is 2.28. The van der Waals surface area contributed by atoms with Gasteiger partial charge in [0, 0.05) is 18.8 Å². The second-order valence-electron chi connectivity index (χ2n) is 6.22. The Labute approximate surface area is 121 Å². The maximum atomic E-state index is 2.59. The molecule has 0 amide bonds. The lowest BCUT2D eigenvalue weighted by Crippen LogP contribution is -2.35. The highest BCUT2D eigenvalue weighted by atomic mass is 15.1. The quantitative estimate of drug-likeness (QED) is 0.766. The summed E-state index contributed by atoms with van der Waals surface area (Å²) >= 11 is 0. The Kier molecular flexibility index (Phi) is 2.99. The Hall–Kier alpha value is -1.76. The van der Waals surface area contributed by atoms with Gasteiger partial charge in [-0.1, -0.05) is 55.0 Å². The Morgan fingerprint density at radius 3 is 2.60 bits per heavy atom. The van der Waals surface area contributed by atoms with E-state index in [2.05, 4.69) is 59.5 Å². The van der Waals surface area contributed by atoms with Gasteiger partial charge in [-0.2, -0.15) is 0 Å². The van der Waals surface area contributed by atoms with E-state index in [0.717, 1.165) is 18.4 Å². The molecule has 4 rings (SSSR count). The minimum absolute atomic E-state index is 0.818. The number of para-hydroxylation sites is 1. The van der Waals surface area contributed by atoms with Crippen molar-refractivity contribution < 1.29 is 0 Å². The van der Waals surface area contributed by atoms with Gasteiger partial charge in [-0.3, -0.25) is 0 Å². The molecule has 2 aromatic rings. The van der Waals surface area contributed by atoms with Crippen LogP contribution in [0.25, 0.3) is 0 Å². The molecule has 1 saturated carbocycles. The summed E-state index contributed by atoms with van der Waals surface area (Å²) in [5.74, 6) is 1.69. The van der Waals surface area contributed by atoms with Crippen LogP contribution in [0.4, 0.5) is 5.69 Å². The minimum Gasteiger partial charge on any atom is -0.367 e. The van der Waals surface area contributed by atoms with Gasteiger partial charge in [0.2, 0.25) is 0 Å². The van der Waals surface area contributed by atoms with Crippen molar-refractivity contribution in [1.29, 1.82) is 0 Å². The molecule has 2 atom stereocenters. The summed E-state index contributed by atoms with van der Waals surface area (Å²) in [6, 6.07) is 19.9. The first-order valence-corrected chi connectivity index (χ1v) is 7.79. The van der Waals surface area contributed by atoms with Crippen molar-refractivity contribution >= 4 is 5.69 Å². The standard InChI is InChI=1S/C19H21N/c1-2-7-15(8-3-1)13-20-14-16-9-6-11-17(16)18-10-4-5-12-19(18)20/h1-5,7-8,10,12,16-17H,6,9,11,13-14H2. The zero-order chi connectivity index (χ0) is 13.4. The van der Waals surface area contributed by atoms with Gasteiger partial charge in [0.05, 0.1) is 0 Å². The second kappa shape index (κ2) is 4.97. The first kappa shape index (κ1) is 12.0. The largest absolute Gasteiger partial charge is 0.367 e. The van der Waals surface area contributed by atoms with Crippen LogP contribution in [0.5, 0.6) is 0 Å². The fourth-order valence-corrected chi connectivity index (χ4v) is 4.09. The molecule has 1 nitrogen and oxygen atoms in total. The van der Waals surface area contributed by atoms with Crippen LogP contribution in [0, 0.1) is 5.92 Å². The van der Waals surface area contributed by atoms with Gasteiger partial charge in [0.25, 0.3) is 0 Å². The zero-order valence-corrected chi connectivity index (χ0v) is 11.8. The molecule has 0 aromatic heterocycles. The third-order valence-electron chi connectivity index (χ3n) is 5.01. The number of nitrogens with zero attached hydrogens (tertiary/aromatic N) is 1. The molecule has 1 aliphatic heterocycles. The zero-order valence-electron chi connectivity index (χ0n) is 11.8. The van der Waals surface area contributed by atoms with Gasteiger partial charge >= 0.3 is 0 Å². The first-order valence-electron chi connectivity index (χ1n) is 7.79. The van der Waals surface area contributed by atoms with Crippen molar-refractivity contribution in [2.45, 2.75) is 31.7 Å². The van der Waals surface area contributed by atoms with E-state index >= 15 is 0 Å². The minimum atomic E-state index is 0.818. The van der Waals surface area contributed by atoms with E-state index in [1.165, 1.54) is 37.1 Å². The highest BCUT2D eigenvalue weighted by Crippen LogP contribution is 2.47. The van der Waals surface area contributed by atoms with Crippen molar-refractivity contribution in [2.75, 3.05) is 11.4 Å². The van der Waals surface area contributed by atoms with E-state index in [1.54, 1.807) is 5.56 Å². The Morgan fingerprint density at radius 1 is 0.900 bits per heavy atom. The SMILES string of the molecule is c1ccc(CN2CC3CCCC3c3ccccc32)cc1. The van der Waals surface area contributed by atoms with Gasteiger partial charge in [-0.05, 0) is 41.9 Å². The van der Waals surface area contributed by atoms with E-state index in [0.29, 0.717) is 0 Å². The third kappa shape index (κ3) is 2.02. The van der Waals surface area contributed by atoms with Gasteiger partial charge in [0.15, 0.2) is 0 Å². The molecule has 2 unspecified atom stereocenters. The maximum absolute atomic E-state index is 2.59.